The number of aromatic nitrogens is 1. The number of carbonyl (C=O) groups excluding carboxylic acids is 1. The highest BCUT2D eigenvalue weighted by atomic mass is 32.1. The van der Waals surface area contributed by atoms with Crippen LogP contribution in [0.25, 0.3) is 9.88 Å². The molecule has 0 spiro atoms. The fraction of sp³-hybridized carbons (Fsp3) is 0.467. The van der Waals surface area contributed by atoms with Crippen LogP contribution in [-0.2, 0) is 16.1 Å². The van der Waals surface area contributed by atoms with Gasteiger partial charge in [-0.05, 0) is 11.4 Å². The summed E-state index contributed by atoms with van der Waals surface area (Å²) in [5.41, 5.74) is 1.12. The number of hydrogen-bond donors (Lipinski definition) is 0. The van der Waals surface area contributed by atoms with Crippen molar-refractivity contribution < 1.29 is 9.53 Å². The third-order valence-corrected chi connectivity index (χ3v) is 5.59. The summed E-state index contributed by atoms with van der Waals surface area (Å²) in [5.74, 6) is 0.0794. The number of rotatable bonds is 5. The van der Waals surface area contributed by atoms with Crippen LogP contribution in [-0.4, -0.2) is 60.6 Å². The van der Waals surface area contributed by atoms with Gasteiger partial charge in [0, 0.05) is 45.2 Å². The van der Waals surface area contributed by atoms with Gasteiger partial charge in [-0.25, -0.2) is 4.98 Å². The molecule has 1 saturated heterocycles. The molecule has 0 aliphatic carbocycles. The van der Waals surface area contributed by atoms with E-state index >= 15 is 0 Å². The van der Waals surface area contributed by atoms with E-state index in [1.165, 1.54) is 4.88 Å². The van der Waals surface area contributed by atoms with Gasteiger partial charge in [0.15, 0.2) is 0 Å². The molecule has 2 aromatic rings. The Hall–Kier alpha value is -1.28. The van der Waals surface area contributed by atoms with E-state index in [4.69, 9.17) is 9.72 Å². The highest BCUT2D eigenvalue weighted by Gasteiger charge is 2.21. The van der Waals surface area contributed by atoms with Gasteiger partial charge in [0.1, 0.15) is 11.6 Å². The van der Waals surface area contributed by atoms with Crippen LogP contribution in [0.15, 0.2) is 22.9 Å². The largest absolute Gasteiger partial charge is 0.375 e. The summed E-state index contributed by atoms with van der Waals surface area (Å²) in [6.45, 7) is 4.35. The summed E-state index contributed by atoms with van der Waals surface area (Å²) in [5, 5.41) is 5.31. The smallest absolute Gasteiger partial charge is 0.248 e. The minimum atomic E-state index is 0.0794. The lowest BCUT2D eigenvalue weighted by molar-refractivity contribution is -0.136. The van der Waals surface area contributed by atoms with Crippen molar-refractivity contribution >= 4 is 28.6 Å². The molecular formula is C15H19N3O2S2. The number of thiazole rings is 1. The summed E-state index contributed by atoms with van der Waals surface area (Å²) in [4.78, 5) is 21.9. The van der Waals surface area contributed by atoms with E-state index < -0.39 is 0 Å². The number of hydrogen-bond acceptors (Lipinski definition) is 6. The lowest BCUT2D eigenvalue weighted by Gasteiger charge is -2.34. The lowest BCUT2D eigenvalue weighted by atomic mass is 10.3. The first kappa shape index (κ1) is 15.6. The number of amides is 1. The molecule has 5 nitrogen and oxygen atoms in total. The summed E-state index contributed by atoms with van der Waals surface area (Å²) in [6, 6.07) is 4.16. The van der Waals surface area contributed by atoms with Crippen molar-refractivity contribution in [3.63, 3.8) is 0 Å². The minimum absolute atomic E-state index is 0.0794. The maximum atomic E-state index is 11.8. The topological polar surface area (TPSA) is 45.7 Å². The van der Waals surface area contributed by atoms with Crippen LogP contribution in [0, 0.1) is 0 Å². The molecule has 1 fully saturated rings. The molecule has 1 aliphatic rings. The van der Waals surface area contributed by atoms with Crippen LogP contribution in [0.2, 0.25) is 0 Å². The molecule has 0 saturated carbocycles. The van der Waals surface area contributed by atoms with Crippen LogP contribution in [0.1, 0.15) is 5.69 Å². The van der Waals surface area contributed by atoms with Crippen molar-refractivity contribution in [2.24, 2.45) is 0 Å². The van der Waals surface area contributed by atoms with Crippen molar-refractivity contribution in [1.82, 2.24) is 14.8 Å². The molecule has 3 rings (SSSR count). The molecule has 1 amide bonds. The standard InChI is InChI=1S/C15H19N3O2S2/c1-20-10-14(19)18-6-4-17(5-7-18)9-12-11-22-15(16-12)13-3-2-8-21-13/h2-3,8,11H,4-7,9-10H2,1H3. The third-order valence-electron chi connectivity index (χ3n) is 3.66. The molecule has 0 atom stereocenters. The van der Waals surface area contributed by atoms with E-state index in [-0.39, 0.29) is 12.5 Å². The summed E-state index contributed by atoms with van der Waals surface area (Å²) < 4.78 is 4.91. The quantitative estimate of drug-likeness (QED) is 0.839. The van der Waals surface area contributed by atoms with Gasteiger partial charge in [0.2, 0.25) is 5.91 Å². The van der Waals surface area contributed by atoms with Gasteiger partial charge in [0.05, 0.1) is 10.6 Å². The fourth-order valence-corrected chi connectivity index (χ4v) is 4.12. The first-order chi connectivity index (χ1) is 10.8. The Labute approximate surface area is 138 Å². The highest BCUT2D eigenvalue weighted by molar-refractivity contribution is 7.20. The Morgan fingerprint density at radius 2 is 2.14 bits per heavy atom. The Morgan fingerprint density at radius 1 is 1.32 bits per heavy atom. The van der Waals surface area contributed by atoms with E-state index in [0.717, 1.165) is 43.4 Å². The van der Waals surface area contributed by atoms with E-state index in [1.807, 2.05) is 4.90 Å². The molecule has 22 heavy (non-hydrogen) atoms. The van der Waals surface area contributed by atoms with Crippen molar-refractivity contribution in [2.75, 3.05) is 39.9 Å². The predicted octanol–water partition coefficient (Wildman–Crippen LogP) is 2.16. The number of nitrogens with zero attached hydrogens (tertiary/aromatic N) is 3. The summed E-state index contributed by atoms with van der Waals surface area (Å²) in [7, 11) is 1.56. The predicted molar refractivity (Wildman–Crippen MR) is 89.2 cm³/mol. The second-order valence-electron chi connectivity index (χ2n) is 5.21. The molecule has 2 aromatic heterocycles. The molecule has 0 radical (unpaired) electrons. The number of carbonyl (C=O) groups is 1. The molecule has 7 heteroatoms. The average Bonchev–Trinajstić information content (AvgIpc) is 3.19. The highest BCUT2D eigenvalue weighted by Crippen LogP contribution is 2.28. The van der Waals surface area contributed by atoms with E-state index in [0.29, 0.717) is 0 Å². The van der Waals surface area contributed by atoms with Gasteiger partial charge in [0.25, 0.3) is 0 Å². The Kier molecular flexibility index (Phi) is 5.20. The molecule has 0 bridgehead atoms. The van der Waals surface area contributed by atoms with Crippen molar-refractivity contribution in [3.8, 4) is 9.88 Å². The second kappa shape index (κ2) is 7.32. The summed E-state index contributed by atoms with van der Waals surface area (Å²) >= 11 is 3.42. The van der Waals surface area contributed by atoms with Crippen LogP contribution >= 0.6 is 22.7 Å². The van der Waals surface area contributed by atoms with Crippen molar-refractivity contribution in [3.05, 3.63) is 28.6 Å². The normalized spacial score (nSPS) is 16.1. The molecular weight excluding hydrogens is 318 g/mol. The number of piperazine rings is 1. The van der Waals surface area contributed by atoms with E-state index in [1.54, 1.807) is 29.8 Å². The fourth-order valence-electron chi connectivity index (χ4n) is 2.49. The first-order valence-corrected chi connectivity index (χ1v) is 8.99. The molecule has 0 N–H and O–H groups in total. The van der Waals surface area contributed by atoms with Crippen molar-refractivity contribution in [1.29, 1.82) is 0 Å². The number of ether oxygens (including phenoxy) is 1. The number of thiophene rings is 1. The number of methoxy groups -OCH3 is 1. The maximum absolute atomic E-state index is 11.8. The summed E-state index contributed by atoms with van der Waals surface area (Å²) in [6.07, 6.45) is 0. The molecule has 1 aliphatic heterocycles. The van der Waals surface area contributed by atoms with Gasteiger partial charge in [-0.15, -0.1) is 22.7 Å². The average molecular weight is 337 g/mol. The zero-order valence-corrected chi connectivity index (χ0v) is 14.2. The van der Waals surface area contributed by atoms with Crippen molar-refractivity contribution in [2.45, 2.75) is 6.54 Å². The maximum Gasteiger partial charge on any atom is 0.248 e. The molecule has 0 unspecified atom stereocenters. The van der Waals surface area contributed by atoms with E-state index in [2.05, 4.69) is 27.8 Å². The Morgan fingerprint density at radius 3 is 2.82 bits per heavy atom. The van der Waals surface area contributed by atoms with Crippen LogP contribution in [0.3, 0.4) is 0 Å². The minimum Gasteiger partial charge on any atom is -0.375 e. The Balaban J connectivity index is 1.52. The van der Waals surface area contributed by atoms with Gasteiger partial charge in [-0.2, -0.15) is 0 Å². The van der Waals surface area contributed by atoms with Crippen LogP contribution in [0.5, 0.6) is 0 Å². The zero-order valence-electron chi connectivity index (χ0n) is 12.5. The monoisotopic (exact) mass is 337 g/mol. The zero-order chi connectivity index (χ0) is 15.4. The van der Waals surface area contributed by atoms with Gasteiger partial charge in [-0.1, -0.05) is 6.07 Å². The third kappa shape index (κ3) is 3.73. The van der Waals surface area contributed by atoms with Crippen LogP contribution in [0.4, 0.5) is 0 Å². The van der Waals surface area contributed by atoms with Crippen LogP contribution < -0.4 is 0 Å². The Bertz CT molecular complexity index is 604. The molecule has 118 valence electrons. The molecule has 0 aromatic carbocycles. The lowest BCUT2D eigenvalue weighted by Crippen LogP contribution is -2.49. The second-order valence-corrected chi connectivity index (χ2v) is 7.02. The van der Waals surface area contributed by atoms with Gasteiger partial charge >= 0.3 is 0 Å². The van der Waals surface area contributed by atoms with E-state index in [9.17, 15) is 4.79 Å². The SMILES string of the molecule is COCC(=O)N1CCN(Cc2csc(-c3cccs3)n2)CC1. The molecule has 3 heterocycles. The first-order valence-electron chi connectivity index (χ1n) is 7.23. The van der Waals surface area contributed by atoms with Gasteiger partial charge < -0.3 is 9.64 Å². The van der Waals surface area contributed by atoms with Gasteiger partial charge in [-0.3, -0.25) is 9.69 Å².